The molecule has 1 aliphatic heterocycles. The second-order valence-corrected chi connectivity index (χ2v) is 4.33. The Morgan fingerprint density at radius 2 is 2.26 bits per heavy atom. The number of aliphatic imine (C=N–C) groups is 1. The predicted octanol–water partition coefficient (Wildman–Crippen LogP) is 1.86. The summed E-state index contributed by atoms with van der Waals surface area (Å²) in [6.07, 6.45) is 7.15. The molecule has 1 unspecified atom stereocenters. The van der Waals surface area contributed by atoms with E-state index in [1.165, 1.54) is 0 Å². The Kier molecular flexibility index (Phi) is 2.50. The highest BCUT2D eigenvalue weighted by molar-refractivity contribution is 6.27. The molecule has 1 atom stereocenters. The van der Waals surface area contributed by atoms with Crippen molar-refractivity contribution in [3.05, 3.63) is 42.4 Å². The summed E-state index contributed by atoms with van der Waals surface area (Å²) >= 11 is 0. The van der Waals surface area contributed by atoms with Crippen LogP contribution in [0.15, 0.2) is 41.8 Å². The van der Waals surface area contributed by atoms with Gasteiger partial charge in [-0.1, -0.05) is 0 Å². The van der Waals surface area contributed by atoms with E-state index in [0.29, 0.717) is 5.71 Å². The van der Waals surface area contributed by atoms with E-state index in [4.69, 9.17) is 5.26 Å². The molecule has 5 nitrogen and oxygen atoms in total. The number of hydrogen-bond donors (Lipinski definition) is 0. The van der Waals surface area contributed by atoms with Gasteiger partial charge in [-0.3, -0.25) is 4.79 Å². The van der Waals surface area contributed by atoms with Gasteiger partial charge < -0.3 is 4.40 Å². The average Bonchev–Trinajstić information content (AvgIpc) is 2.86. The smallest absolute Gasteiger partial charge is 0.267 e. The number of imidazole rings is 1. The Labute approximate surface area is 109 Å². The third kappa shape index (κ3) is 1.83. The number of nitrogens with zero attached hydrogens (tertiary/aromatic N) is 4. The van der Waals surface area contributed by atoms with E-state index in [1.807, 2.05) is 35.0 Å². The van der Waals surface area contributed by atoms with Crippen molar-refractivity contribution in [1.82, 2.24) is 9.38 Å². The van der Waals surface area contributed by atoms with Crippen molar-refractivity contribution in [3.8, 4) is 6.07 Å². The number of pyridine rings is 1. The molecule has 0 aromatic carbocycles. The van der Waals surface area contributed by atoms with Crippen molar-refractivity contribution in [2.24, 2.45) is 10.9 Å². The zero-order valence-corrected chi connectivity index (χ0v) is 10.2. The van der Waals surface area contributed by atoms with Crippen LogP contribution in [0.2, 0.25) is 0 Å². The lowest BCUT2D eigenvalue weighted by Gasteiger charge is -2.14. The molecule has 0 radical (unpaired) electrons. The van der Waals surface area contributed by atoms with E-state index in [9.17, 15) is 4.79 Å². The molecule has 5 heteroatoms. The maximum atomic E-state index is 11.5. The van der Waals surface area contributed by atoms with Gasteiger partial charge in [0, 0.05) is 35.4 Å². The minimum absolute atomic E-state index is 0.396. The summed E-state index contributed by atoms with van der Waals surface area (Å²) in [6.45, 7) is 1.77. The minimum atomic E-state index is -0.794. The van der Waals surface area contributed by atoms with E-state index in [-0.39, 0.29) is 0 Å². The van der Waals surface area contributed by atoms with Gasteiger partial charge in [-0.15, -0.1) is 0 Å². The number of dihydropyridines is 1. The first-order valence-corrected chi connectivity index (χ1v) is 5.83. The van der Waals surface area contributed by atoms with Gasteiger partial charge in [0.2, 0.25) is 0 Å². The lowest BCUT2D eigenvalue weighted by Crippen LogP contribution is -2.17. The van der Waals surface area contributed by atoms with E-state index in [2.05, 4.69) is 9.98 Å². The number of aromatic nitrogens is 2. The SMILES string of the molecule is CC1=NC(=O)C(C#N)C=C1c1ccc2nccn2c1. The molecule has 3 heterocycles. The second kappa shape index (κ2) is 4.18. The van der Waals surface area contributed by atoms with Gasteiger partial charge in [0.05, 0.1) is 6.07 Å². The molecule has 0 spiro atoms. The molecule has 0 fully saturated rings. The van der Waals surface area contributed by atoms with E-state index in [1.54, 1.807) is 19.2 Å². The fourth-order valence-electron chi connectivity index (χ4n) is 2.13. The fraction of sp³-hybridized carbons (Fsp3) is 0.143. The van der Waals surface area contributed by atoms with E-state index < -0.39 is 11.8 Å². The molecule has 0 aliphatic carbocycles. The average molecular weight is 250 g/mol. The number of fused-ring (bicyclic) bond motifs is 1. The predicted molar refractivity (Wildman–Crippen MR) is 70.4 cm³/mol. The summed E-state index contributed by atoms with van der Waals surface area (Å²) in [5.74, 6) is -1.19. The van der Waals surface area contributed by atoms with Crippen LogP contribution in [0.5, 0.6) is 0 Å². The van der Waals surface area contributed by atoms with Gasteiger partial charge in [0.25, 0.3) is 5.91 Å². The fourth-order valence-corrected chi connectivity index (χ4v) is 2.13. The molecule has 19 heavy (non-hydrogen) atoms. The summed E-state index contributed by atoms with van der Waals surface area (Å²) in [7, 11) is 0. The highest BCUT2D eigenvalue weighted by Gasteiger charge is 2.22. The van der Waals surface area contributed by atoms with Gasteiger partial charge in [0.15, 0.2) is 0 Å². The molecule has 0 saturated carbocycles. The molecule has 92 valence electrons. The number of rotatable bonds is 1. The second-order valence-electron chi connectivity index (χ2n) is 4.33. The molecule has 3 rings (SSSR count). The molecular formula is C14H10N4O. The normalized spacial score (nSPS) is 18.9. The highest BCUT2D eigenvalue weighted by Crippen LogP contribution is 2.23. The molecule has 2 aromatic rings. The Morgan fingerprint density at radius 3 is 3.05 bits per heavy atom. The van der Waals surface area contributed by atoms with Crippen molar-refractivity contribution in [2.45, 2.75) is 6.92 Å². The molecule has 0 bridgehead atoms. The molecule has 1 amide bonds. The monoisotopic (exact) mass is 250 g/mol. The van der Waals surface area contributed by atoms with Crippen LogP contribution in [0.3, 0.4) is 0 Å². The molecule has 0 saturated heterocycles. The summed E-state index contributed by atoms with van der Waals surface area (Å²) in [6, 6.07) is 5.76. The van der Waals surface area contributed by atoms with Gasteiger partial charge in [-0.05, 0) is 25.1 Å². The first-order valence-electron chi connectivity index (χ1n) is 5.83. The van der Waals surface area contributed by atoms with Crippen LogP contribution < -0.4 is 0 Å². The van der Waals surface area contributed by atoms with Crippen molar-refractivity contribution < 1.29 is 4.79 Å². The maximum Gasteiger partial charge on any atom is 0.267 e. The summed E-state index contributed by atoms with van der Waals surface area (Å²) in [5.41, 5.74) is 3.22. The topological polar surface area (TPSA) is 70.5 Å². The Bertz CT molecular complexity index is 776. The summed E-state index contributed by atoms with van der Waals surface area (Å²) in [4.78, 5) is 19.6. The maximum absolute atomic E-state index is 11.5. The van der Waals surface area contributed by atoms with Crippen LogP contribution in [0.1, 0.15) is 12.5 Å². The Balaban J connectivity index is 2.12. The van der Waals surface area contributed by atoms with E-state index in [0.717, 1.165) is 16.8 Å². The summed E-state index contributed by atoms with van der Waals surface area (Å²) < 4.78 is 1.89. The van der Waals surface area contributed by atoms with Gasteiger partial charge in [0.1, 0.15) is 11.6 Å². The van der Waals surface area contributed by atoms with Gasteiger partial charge in [-0.2, -0.15) is 5.26 Å². The number of allylic oxidation sites excluding steroid dienone is 1. The number of amides is 1. The highest BCUT2D eigenvalue weighted by atomic mass is 16.1. The Hall–Kier alpha value is -2.74. The van der Waals surface area contributed by atoms with Crippen molar-refractivity contribution in [3.63, 3.8) is 0 Å². The zero-order chi connectivity index (χ0) is 13.4. The Morgan fingerprint density at radius 1 is 1.42 bits per heavy atom. The molecule has 2 aromatic heterocycles. The van der Waals surface area contributed by atoms with Gasteiger partial charge in [-0.25, -0.2) is 9.98 Å². The first kappa shape index (κ1) is 11.4. The van der Waals surface area contributed by atoms with Crippen LogP contribution in [0.4, 0.5) is 0 Å². The lowest BCUT2D eigenvalue weighted by atomic mass is 9.95. The standard InChI is InChI=1S/C14H10N4O/c1-9-12(6-11(7-15)14(19)17-9)10-2-3-13-16-4-5-18(13)8-10/h2-6,8,11H,1H3. The number of carbonyl (C=O) groups excluding carboxylic acids is 1. The molecule has 1 aliphatic rings. The van der Waals surface area contributed by atoms with Crippen LogP contribution >= 0.6 is 0 Å². The van der Waals surface area contributed by atoms with Crippen molar-refractivity contribution in [1.29, 1.82) is 5.26 Å². The van der Waals surface area contributed by atoms with Crippen LogP contribution in [0, 0.1) is 17.2 Å². The van der Waals surface area contributed by atoms with Crippen molar-refractivity contribution in [2.75, 3.05) is 0 Å². The third-order valence-electron chi connectivity index (χ3n) is 3.11. The lowest BCUT2D eigenvalue weighted by molar-refractivity contribution is -0.118. The van der Waals surface area contributed by atoms with Crippen LogP contribution in [-0.4, -0.2) is 21.0 Å². The van der Waals surface area contributed by atoms with Crippen LogP contribution in [-0.2, 0) is 4.79 Å². The summed E-state index contributed by atoms with van der Waals surface area (Å²) in [5, 5.41) is 8.95. The molecule has 0 N–H and O–H groups in total. The number of hydrogen-bond acceptors (Lipinski definition) is 3. The van der Waals surface area contributed by atoms with Gasteiger partial charge >= 0.3 is 0 Å². The number of carbonyl (C=O) groups is 1. The quantitative estimate of drug-likeness (QED) is 0.775. The van der Waals surface area contributed by atoms with E-state index >= 15 is 0 Å². The minimum Gasteiger partial charge on any atom is -0.306 e. The third-order valence-corrected chi connectivity index (χ3v) is 3.11. The van der Waals surface area contributed by atoms with Crippen LogP contribution in [0.25, 0.3) is 11.2 Å². The van der Waals surface area contributed by atoms with Crippen molar-refractivity contribution >= 4 is 22.8 Å². The first-order chi connectivity index (χ1) is 9.19. The molecular weight excluding hydrogens is 240 g/mol. The zero-order valence-electron chi connectivity index (χ0n) is 10.2. The number of nitriles is 1. The largest absolute Gasteiger partial charge is 0.306 e.